The van der Waals surface area contributed by atoms with Crippen LogP contribution in [0.2, 0.25) is 0 Å². The summed E-state index contributed by atoms with van der Waals surface area (Å²) >= 11 is 0. The number of amides is 1. The van der Waals surface area contributed by atoms with E-state index in [0.717, 1.165) is 24.2 Å². The maximum Gasteiger partial charge on any atom is 0.238 e. The van der Waals surface area contributed by atoms with Crippen molar-refractivity contribution in [1.29, 1.82) is 0 Å². The van der Waals surface area contributed by atoms with Gasteiger partial charge in [0, 0.05) is 12.6 Å². The largest absolute Gasteiger partial charge is 0.491 e. The van der Waals surface area contributed by atoms with E-state index in [0.29, 0.717) is 18.5 Å². The van der Waals surface area contributed by atoms with E-state index >= 15 is 0 Å². The minimum absolute atomic E-state index is 0.0475. The zero-order valence-corrected chi connectivity index (χ0v) is 14.6. The van der Waals surface area contributed by atoms with Gasteiger partial charge < -0.3 is 10.1 Å². The van der Waals surface area contributed by atoms with Crippen LogP contribution in [0.4, 0.5) is 0 Å². The van der Waals surface area contributed by atoms with Crippen LogP contribution in [-0.2, 0) is 11.3 Å². The van der Waals surface area contributed by atoms with Crippen LogP contribution in [0.5, 0.6) is 5.75 Å². The third-order valence-electron chi connectivity index (χ3n) is 3.82. The fourth-order valence-electron chi connectivity index (χ4n) is 2.79. The lowest BCUT2D eigenvalue weighted by Crippen LogP contribution is -2.43. The monoisotopic (exact) mass is 319 g/mol. The lowest BCUT2D eigenvalue weighted by atomic mass is 10.00. The molecule has 2 rings (SSSR count). The van der Waals surface area contributed by atoms with Gasteiger partial charge in [-0.15, -0.1) is 0 Å². The Kier molecular flexibility index (Phi) is 6.42. The number of nitrogens with one attached hydrogen (secondary N) is 3. The summed E-state index contributed by atoms with van der Waals surface area (Å²) in [6.07, 6.45) is 2.08. The molecule has 1 aromatic carbocycles. The number of hydrogen-bond acceptors (Lipinski definition) is 4. The molecule has 1 aromatic rings. The highest BCUT2D eigenvalue weighted by molar-refractivity contribution is 5.82. The van der Waals surface area contributed by atoms with Crippen molar-refractivity contribution in [2.75, 3.05) is 0 Å². The first kappa shape index (κ1) is 17.8. The summed E-state index contributed by atoms with van der Waals surface area (Å²) in [6.45, 7) is 8.93. The van der Waals surface area contributed by atoms with Gasteiger partial charge in [-0.2, -0.15) is 0 Å². The third kappa shape index (κ3) is 5.84. The van der Waals surface area contributed by atoms with E-state index in [1.54, 1.807) is 0 Å². The molecule has 3 N–H and O–H groups in total. The minimum Gasteiger partial charge on any atom is -0.491 e. The van der Waals surface area contributed by atoms with E-state index in [-0.39, 0.29) is 18.1 Å². The topological polar surface area (TPSA) is 62.4 Å². The van der Waals surface area contributed by atoms with Crippen LogP contribution in [0.1, 0.15) is 46.1 Å². The zero-order valence-electron chi connectivity index (χ0n) is 14.6. The first-order valence-electron chi connectivity index (χ1n) is 8.48. The molecule has 1 aliphatic rings. The first-order valence-corrected chi connectivity index (χ1v) is 8.48. The Morgan fingerprint density at radius 1 is 1.22 bits per heavy atom. The molecule has 0 saturated carbocycles. The second kappa shape index (κ2) is 8.31. The summed E-state index contributed by atoms with van der Waals surface area (Å²) in [4.78, 5) is 12.2. The molecule has 0 bridgehead atoms. The van der Waals surface area contributed by atoms with Gasteiger partial charge in [-0.3, -0.25) is 10.2 Å². The maximum atomic E-state index is 12.2. The molecule has 1 heterocycles. The van der Waals surface area contributed by atoms with Crippen molar-refractivity contribution >= 4 is 5.91 Å². The van der Waals surface area contributed by atoms with Gasteiger partial charge in [-0.05, 0) is 50.3 Å². The Hall–Kier alpha value is -1.59. The highest BCUT2D eigenvalue weighted by Crippen LogP contribution is 2.15. The molecular weight excluding hydrogens is 290 g/mol. The Bertz CT molecular complexity index is 499. The molecule has 1 saturated heterocycles. The Labute approximate surface area is 139 Å². The summed E-state index contributed by atoms with van der Waals surface area (Å²) in [5.74, 6) is 1.53. The first-order chi connectivity index (χ1) is 10.9. The molecule has 1 amide bonds. The zero-order chi connectivity index (χ0) is 16.8. The number of carbonyl (C=O) groups excluding carboxylic acids is 1. The summed E-state index contributed by atoms with van der Waals surface area (Å²) in [6, 6.07) is 8.07. The SMILES string of the molecule is CC(C)CC1CC(C(=O)NCc2ccc(OC(C)C)cc2)NN1. The average molecular weight is 319 g/mol. The molecule has 23 heavy (non-hydrogen) atoms. The predicted molar refractivity (Wildman–Crippen MR) is 92.0 cm³/mol. The van der Waals surface area contributed by atoms with Gasteiger partial charge in [-0.25, -0.2) is 5.43 Å². The van der Waals surface area contributed by atoms with Gasteiger partial charge in [0.15, 0.2) is 0 Å². The summed E-state index contributed by atoms with van der Waals surface area (Å²) in [7, 11) is 0. The Morgan fingerprint density at radius 2 is 1.91 bits per heavy atom. The van der Waals surface area contributed by atoms with Crippen LogP contribution in [0, 0.1) is 5.92 Å². The van der Waals surface area contributed by atoms with Crippen molar-refractivity contribution in [3.63, 3.8) is 0 Å². The van der Waals surface area contributed by atoms with Gasteiger partial charge >= 0.3 is 0 Å². The lowest BCUT2D eigenvalue weighted by Gasteiger charge is -2.12. The van der Waals surface area contributed by atoms with Crippen molar-refractivity contribution in [2.45, 2.75) is 65.3 Å². The molecule has 5 nitrogen and oxygen atoms in total. The van der Waals surface area contributed by atoms with E-state index in [1.807, 2.05) is 38.1 Å². The van der Waals surface area contributed by atoms with Crippen LogP contribution in [0.15, 0.2) is 24.3 Å². The normalized spacial score (nSPS) is 21.0. The number of rotatable bonds is 7. The highest BCUT2D eigenvalue weighted by atomic mass is 16.5. The van der Waals surface area contributed by atoms with E-state index < -0.39 is 0 Å². The van der Waals surface area contributed by atoms with Crippen LogP contribution in [-0.4, -0.2) is 24.1 Å². The van der Waals surface area contributed by atoms with E-state index in [2.05, 4.69) is 30.0 Å². The predicted octanol–water partition coefficient (Wildman–Crippen LogP) is 2.37. The fourth-order valence-corrected chi connectivity index (χ4v) is 2.79. The highest BCUT2D eigenvalue weighted by Gasteiger charge is 2.29. The molecule has 0 radical (unpaired) electrons. The average Bonchev–Trinajstić information content (AvgIpc) is 2.93. The molecule has 2 atom stereocenters. The minimum atomic E-state index is -0.151. The fraction of sp³-hybridized carbons (Fsp3) is 0.611. The number of benzene rings is 1. The molecule has 128 valence electrons. The van der Waals surface area contributed by atoms with Crippen LogP contribution in [0.3, 0.4) is 0 Å². The van der Waals surface area contributed by atoms with Gasteiger partial charge in [-0.1, -0.05) is 26.0 Å². The maximum absolute atomic E-state index is 12.2. The molecule has 0 spiro atoms. The molecular formula is C18H29N3O2. The van der Waals surface area contributed by atoms with Crippen molar-refractivity contribution in [3.05, 3.63) is 29.8 Å². The van der Waals surface area contributed by atoms with Crippen LogP contribution in [0.25, 0.3) is 0 Å². The Morgan fingerprint density at radius 3 is 2.52 bits per heavy atom. The van der Waals surface area contributed by atoms with Crippen LogP contribution < -0.4 is 20.9 Å². The second-order valence-corrected chi connectivity index (χ2v) is 6.93. The van der Waals surface area contributed by atoms with E-state index in [9.17, 15) is 4.79 Å². The summed E-state index contributed by atoms with van der Waals surface area (Å²) in [5, 5.41) is 2.99. The molecule has 1 fully saturated rings. The quantitative estimate of drug-likeness (QED) is 0.722. The van der Waals surface area contributed by atoms with Gasteiger partial charge in [0.2, 0.25) is 5.91 Å². The van der Waals surface area contributed by atoms with E-state index in [4.69, 9.17) is 4.74 Å². The molecule has 2 unspecified atom stereocenters. The molecule has 1 aliphatic heterocycles. The third-order valence-corrected chi connectivity index (χ3v) is 3.82. The number of hydrogen-bond donors (Lipinski definition) is 3. The number of ether oxygens (including phenoxy) is 1. The van der Waals surface area contributed by atoms with Gasteiger partial charge in [0.1, 0.15) is 11.8 Å². The van der Waals surface area contributed by atoms with Crippen molar-refractivity contribution < 1.29 is 9.53 Å². The molecule has 5 heteroatoms. The van der Waals surface area contributed by atoms with Gasteiger partial charge in [0.25, 0.3) is 0 Å². The van der Waals surface area contributed by atoms with Gasteiger partial charge in [0.05, 0.1) is 6.10 Å². The second-order valence-electron chi connectivity index (χ2n) is 6.93. The summed E-state index contributed by atoms with van der Waals surface area (Å²) < 4.78 is 5.61. The van der Waals surface area contributed by atoms with E-state index in [1.165, 1.54) is 0 Å². The van der Waals surface area contributed by atoms with Crippen molar-refractivity contribution in [2.24, 2.45) is 5.92 Å². The molecule has 0 aromatic heterocycles. The van der Waals surface area contributed by atoms with Crippen molar-refractivity contribution in [1.82, 2.24) is 16.2 Å². The lowest BCUT2D eigenvalue weighted by molar-refractivity contribution is -0.123. The van der Waals surface area contributed by atoms with Crippen molar-refractivity contribution in [3.8, 4) is 5.75 Å². The smallest absolute Gasteiger partial charge is 0.238 e. The Balaban J connectivity index is 1.76. The summed E-state index contributed by atoms with van der Waals surface area (Å²) in [5.41, 5.74) is 7.38. The molecule has 0 aliphatic carbocycles. The number of hydrazine groups is 1. The standard InChI is InChI=1S/C18H29N3O2/c1-12(2)9-15-10-17(21-20-15)18(22)19-11-14-5-7-16(8-6-14)23-13(3)4/h5-8,12-13,15,17,20-21H,9-11H2,1-4H3,(H,19,22). The van der Waals surface area contributed by atoms with Crippen LogP contribution >= 0.6 is 0 Å². The number of carbonyl (C=O) groups is 1.